The molecular weight excluding hydrogens is 250 g/mol. The fourth-order valence-electron chi connectivity index (χ4n) is 1.40. The maximum atomic E-state index is 13.0. The highest BCUT2D eigenvalue weighted by molar-refractivity contribution is 6.32. The van der Waals surface area contributed by atoms with Crippen molar-refractivity contribution in [3.8, 4) is 11.3 Å². The van der Waals surface area contributed by atoms with Gasteiger partial charge in [0.2, 0.25) is 0 Å². The molecule has 1 heterocycles. The lowest BCUT2D eigenvalue weighted by molar-refractivity contribution is 0.112. The summed E-state index contributed by atoms with van der Waals surface area (Å²) >= 11 is 5.69. The third-order valence-corrected chi connectivity index (χ3v) is 2.39. The molecule has 0 saturated heterocycles. The van der Waals surface area contributed by atoms with Crippen LogP contribution in [-0.2, 0) is 0 Å². The van der Waals surface area contributed by atoms with Crippen molar-refractivity contribution in [2.75, 3.05) is 0 Å². The monoisotopic (exact) mass is 254 g/mol. The van der Waals surface area contributed by atoms with Crippen molar-refractivity contribution in [2.24, 2.45) is 0 Å². The number of carbonyl (C=O) groups excluding carboxylic acids is 1. The second kappa shape index (κ2) is 4.55. The van der Waals surface area contributed by atoms with Crippen molar-refractivity contribution in [1.82, 2.24) is 9.97 Å². The van der Waals surface area contributed by atoms with Crippen molar-refractivity contribution in [3.63, 3.8) is 0 Å². The zero-order valence-electron chi connectivity index (χ0n) is 8.32. The fraction of sp³-hybridized carbons (Fsp3) is 0. The number of benzene rings is 1. The number of aromatic nitrogens is 2. The Balaban J connectivity index is 2.67. The van der Waals surface area contributed by atoms with Crippen molar-refractivity contribution >= 4 is 17.9 Å². The number of aldehydes is 1. The largest absolute Gasteiger partial charge is 0.298 e. The predicted octanol–water partition coefficient (Wildman–Crippen LogP) is 2.89. The summed E-state index contributed by atoms with van der Waals surface area (Å²) in [4.78, 5) is 18.3. The van der Waals surface area contributed by atoms with Gasteiger partial charge in [-0.3, -0.25) is 4.79 Å². The maximum absolute atomic E-state index is 13.0. The van der Waals surface area contributed by atoms with Gasteiger partial charge in [0.25, 0.3) is 0 Å². The molecule has 6 heteroatoms. The Morgan fingerprint density at radius 1 is 1.12 bits per heavy atom. The van der Waals surface area contributed by atoms with Crippen LogP contribution in [0.25, 0.3) is 11.3 Å². The highest BCUT2D eigenvalue weighted by Crippen LogP contribution is 2.25. The molecule has 0 saturated carbocycles. The van der Waals surface area contributed by atoms with Gasteiger partial charge in [0, 0.05) is 11.6 Å². The number of carbonyl (C=O) groups is 1. The maximum Gasteiger partial charge on any atom is 0.155 e. The average Bonchev–Trinajstić information content (AvgIpc) is 2.27. The van der Waals surface area contributed by atoms with Crippen LogP contribution in [0.1, 0.15) is 10.4 Å². The number of nitrogens with zero attached hydrogens (tertiary/aromatic N) is 2. The van der Waals surface area contributed by atoms with E-state index in [-0.39, 0.29) is 22.0 Å². The molecule has 17 heavy (non-hydrogen) atoms. The van der Waals surface area contributed by atoms with Crippen LogP contribution in [0.4, 0.5) is 8.78 Å². The highest BCUT2D eigenvalue weighted by Gasteiger charge is 2.12. The van der Waals surface area contributed by atoms with Crippen molar-refractivity contribution in [2.45, 2.75) is 0 Å². The lowest BCUT2D eigenvalue weighted by atomic mass is 10.1. The predicted molar refractivity (Wildman–Crippen MR) is 57.8 cm³/mol. The minimum Gasteiger partial charge on any atom is -0.298 e. The molecule has 0 aliphatic rings. The van der Waals surface area contributed by atoms with Crippen LogP contribution in [0.15, 0.2) is 24.5 Å². The summed E-state index contributed by atoms with van der Waals surface area (Å²) in [6, 6.07) is 2.86. The lowest BCUT2D eigenvalue weighted by Crippen LogP contribution is -1.96. The Labute approximate surface area is 100 Å². The van der Waals surface area contributed by atoms with E-state index in [1.54, 1.807) is 0 Å². The van der Waals surface area contributed by atoms with E-state index in [9.17, 15) is 13.6 Å². The number of hydrogen-bond donors (Lipinski definition) is 0. The minimum atomic E-state index is -0.758. The molecule has 0 atom stereocenters. The molecule has 3 nitrogen and oxygen atoms in total. The number of hydrogen-bond acceptors (Lipinski definition) is 3. The van der Waals surface area contributed by atoms with Crippen molar-refractivity contribution < 1.29 is 13.6 Å². The molecule has 2 rings (SSSR count). The lowest BCUT2D eigenvalue weighted by Gasteiger charge is -2.05. The second-order valence-electron chi connectivity index (χ2n) is 3.20. The smallest absolute Gasteiger partial charge is 0.155 e. The van der Waals surface area contributed by atoms with Gasteiger partial charge >= 0.3 is 0 Å². The molecule has 1 aromatic heterocycles. The topological polar surface area (TPSA) is 42.9 Å². The van der Waals surface area contributed by atoms with Crippen LogP contribution in [0.5, 0.6) is 0 Å². The van der Waals surface area contributed by atoms with E-state index in [0.717, 1.165) is 24.5 Å². The first kappa shape index (κ1) is 11.6. The van der Waals surface area contributed by atoms with Crippen LogP contribution in [0.3, 0.4) is 0 Å². The zero-order chi connectivity index (χ0) is 12.4. The minimum absolute atomic E-state index is 0.000772. The van der Waals surface area contributed by atoms with Gasteiger partial charge in [0.05, 0.1) is 11.3 Å². The van der Waals surface area contributed by atoms with Crippen LogP contribution in [0, 0.1) is 11.6 Å². The van der Waals surface area contributed by atoms with Crippen LogP contribution in [-0.4, -0.2) is 16.3 Å². The molecule has 0 N–H and O–H groups in total. The molecule has 0 bridgehead atoms. The summed E-state index contributed by atoms with van der Waals surface area (Å²) < 4.78 is 26.1. The molecule has 0 amide bonds. The fourth-order valence-corrected chi connectivity index (χ4v) is 1.58. The van der Waals surface area contributed by atoms with Gasteiger partial charge in [-0.2, -0.15) is 0 Å². The first-order valence-electron chi connectivity index (χ1n) is 4.54. The van der Waals surface area contributed by atoms with E-state index >= 15 is 0 Å². The van der Waals surface area contributed by atoms with E-state index in [2.05, 4.69) is 9.97 Å². The second-order valence-corrected chi connectivity index (χ2v) is 3.56. The van der Waals surface area contributed by atoms with E-state index in [4.69, 9.17) is 11.6 Å². The molecule has 0 unspecified atom stereocenters. The first-order chi connectivity index (χ1) is 8.11. The quantitative estimate of drug-likeness (QED) is 0.611. The van der Waals surface area contributed by atoms with Gasteiger partial charge in [-0.25, -0.2) is 18.7 Å². The summed E-state index contributed by atoms with van der Waals surface area (Å²) in [7, 11) is 0. The van der Waals surface area contributed by atoms with Crippen molar-refractivity contribution in [3.05, 3.63) is 46.9 Å². The van der Waals surface area contributed by atoms with E-state index in [1.165, 1.54) is 0 Å². The summed E-state index contributed by atoms with van der Waals surface area (Å²) in [6.07, 6.45) is 1.56. The highest BCUT2D eigenvalue weighted by atomic mass is 35.5. The van der Waals surface area contributed by atoms with E-state index < -0.39 is 11.6 Å². The molecule has 0 radical (unpaired) electrons. The Hall–Kier alpha value is -1.88. The third-order valence-electron chi connectivity index (χ3n) is 2.09. The average molecular weight is 255 g/mol. The van der Waals surface area contributed by atoms with E-state index in [0.29, 0.717) is 6.29 Å². The Morgan fingerprint density at radius 2 is 1.76 bits per heavy atom. The van der Waals surface area contributed by atoms with Crippen LogP contribution >= 0.6 is 11.6 Å². The van der Waals surface area contributed by atoms with Gasteiger partial charge < -0.3 is 0 Å². The summed E-state index contributed by atoms with van der Waals surface area (Å²) in [5.41, 5.74) is 0.228. The standard InChI is InChI=1S/C11H5ClF2N2O/c12-11-9(4-17)10(15-5-16-11)6-1-7(13)3-8(14)2-6/h1-5H. The molecule has 86 valence electrons. The molecule has 1 aromatic carbocycles. The van der Waals surface area contributed by atoms with Gasteiger partial charge in [0.15, 0.2) is 6.29 Å². The summed E-state index contributed by atoms with van der Waals surface area (Å²) in [6.45, 7) is 0. The molecule has 0 spiro atoms. The number of rotatable bonds is 2. The number of halogens is 3. The normalized spacial score (nSPS) is 10.3. The summed E-state index contributed by atoms with van der Waals surface area (Å²) in [5.74, 6) is -1.52. The first-order valence-corrected chi connectivity index (χ1v) is 4.91. The van der Waals surface area contributed by atoms with Gasteiger partial charge in [-0.05, 0) is 12.1 Å². The van der Waals surface area contributed by atoms with Gasteiger partial charge in [-0.1, -0.05) is 11.6 Å². The van der Waals surface area contributed by atoms with Gasteiger partial charge in [-0.15, -0.1) is 0 Å². The Kier molecular flexibility index (Phi) is 3.10. The molecule has 0 aliphatic heterocycles. The van der Waals surface area contributed by atoms with E-state index in [1.807, 2.05) is 0 Å². The Morgan fingerprint density at radius 3 is 2.35 bits per heavy atom. The molecular formula is C11H5ClF2N2O. The third kappa shape index (κ3) is 2.29. The van der Waals surface area contributed by atoms with Crippen LogP contribution < -0.4 is 0 Å². The Bertz CT molecular complexity index is 569. The van der Waals surface area contributed by atoms with Crippen LogP contribution in [0.2, 0.25) is 5.15 Å². The SMILES string of the molecule is O=Cc1c(Cl)ncnc1-c1cc(F)cc(F)c1. The van der Waals surface area contributed by atoms with Crippen molar-refractivity contribution in [1.29, 1.82) is 0 Å². The zero-order valence-corrected chi connectivity index (χ0v) is 9.08. The van der Waals surface area contributed by atoms with Gasteiger partial charge in [0.1, 0.15) is 23.1 Å². The molecule has 0 fully saturated rings. The molecule has 0 aliphatic carbocycles. The molecule has 2 aromatic rings. The summed E-state index contributed by atoms with van der Waals surface area (Å²) in [5, 5.41) is -0.0605.